The highest BCUT2D eigenvalue weighted by atomic mass is 79.9. The Morgan fingerprint density at radius 3 is 2.33 bits per heavy atom. The van der Waals surface area contributed by atoms with Crippen molar-refractivity contribution < 1.29 is 4.79 Å². The van der Waals surface area contributed by atoms with Gasteiger partial charge in [0.25, 0.3) is 0 Å². The van der Waals surface area contributed by atoms with Gasteiger partial charge in [0.2, 0.25) is 5.91 Å². The minimum atomic E-state index is -0.136. The Balaban J connectivity index is 3.00. The number of anilines is 1. The van der Waals surface area contributed by atoms with Gasteiger partial charge in [-0.05, 0) is 69.5 Å². The molecule has 0 fully saturated rings. The topological polar surface area (TPSA) is 29.1 Å². The van der Waals surface area contributed by atoms with Crippen LogP contribution in [0.3, 0.4) is 0 Å². The molecule has 0 aromatic heterocycles. The number of allylic oxidation sites excluding steroid dienone is 1. The van der Waals surface area contributed by atoms with Gasteiger partial charge in [-0.2, -0.15) is 0 Å². The molecule has 1 amide bonds. The molecule has 1 aromatic carbocycles. The van der Waals surface area contributed by atoms with E-state index in [4.69, 9.17) is 0 Å². The summed E-state index contributed by atoms with van der Waals surface area (Å²) in [4.78, 5) is 11.4. The van der Waals surface area contributed by atoms with Crippen LogP contribution >= 0.6 is 31.9 Å². The van der Waals surface area contributed by atoms with Crippen LogP contribution in [0.25, 0.3) is 0 Å². The SMILES string of the molecule is CC=CC(=O)Nc1c(Br)cc(C)cc1Br. The molecule has 4 heteroatoms. The van der Waals surface area contributed by atoms with Crippen LogP contribution in [-0.4, -0.2) is 5.91 Å². The fourth-order valence-electron chi connectivity index (χ4n) is 1.14. The van der Waals surface area contributed by atoms with Crippen LogP contribution in [0.5, 0.6) is 0 Å². The summed E-state index contributed by atoms with van der Waals surface area (Å²) in [5.41, 5.74) is 1.88. The zero-order valence-electron chi connectivity index (χ0n) is 8.47. The van der Waals surface area contributed by atoms with E-state index in [9.17, 15) is 4.79 Å². The summed E-state index contributed by atoms with van der Waals surface area (Å²) in [7, 11) is 0. The summed E-state index contributed by atoms with van der Waals surface area (Å²) in [5.74, 6) is -0.136. The average molecular weight is 333 g/mol. The van der Waals surface area contributed by atoms with E-state index in [2.05, 4.69) is 37.2 Å². The third-order valence-electron chi connectivity index (χ3n) is 1.75. The van der Waals surface area contributed by atoms with E-state index in [1.165, 1.54) is 6.08 Å². The minimum absolute atomic E-state index is 0.136. The largest absolute Gasteiger partial charge is 0.321 e. The van der Waals surface area contributed by atoms with Crippen LogP contribution in [0.1, 0.15) is 12.5 Å². The second-order valence-corrected chi connectivity index (χ2v) is 4.80. The molecule has 0 saturated carbocycles. The summed E-state index contributed by atoms with van der Waals surface area (Å²) < 4.78 is 1.74. The van der Waals surface area contributed by atoms with Gasteiger partial charge in [-0.25, -0.2) is 0 Å². The Bertz CT molecular complexity index is 390. The van der Waals surface area contributed by atoms with Gasteiger partial charge in [0.15, 0.2) is 0 Å². The molecule has 1 aromatic rings. The highest BCUT2D eigenvalue weighted by Crippen LogP contribution is 2.32. The Kier molecular flexibility index (Phi) is 4.54. The lowest BCUT2D eigenvalue weighted by Gasteiger charge is -2.08. The lowest BCUT2D eigenvalue weighted by Crippen LogP contribution is -2.08. The van der Waals surface area contributed by atoms with Crippen molar-refractivity contribution in [3.8, 4) is 0 Å². The van der Waals surface area contributed by atoms with Crippen LogP contribution < -0.4 is 5.32 Å². The molecule has 0 unspecified atom stereocenters. The second kappa shape index (κ2) is 5.47. The van der Waals surface area contributed by atoms with Crippen molar-refractivity contribution in [1.82, 2.24) is 0 Å². The first-order valence-electron chi connectivity index (χ1n) is 4.44. The molecule has 0 bridgehead atoms. The summed E-state index contributed by atoms with van der Waals surface area (Å²) in [6, 6.07) is 3.91. The molecule has 1 N–H and O–H groups in total. The highest BCUT2D eigenvalue weighted by Gasteiger charge is 2.07. The van der Waals surface area contributed by atoms with Crippen molar-refractivity contribution in [3.05, 3.63) is 38.8 Å². The molecule has 0 radical (unpaired) electrons. The average Bonchev–Trinajstić information content (AvgIpc) is 2.11. The predicted molar refractivity (Wildman–Crippen MR) is 70.0 cm³/mol. The van der Waals surface area contributed by atoms with Crippen LogP contribution in [0, 0.1) is 6.92 Å². The second-order valence-electron chi connectivity index (χ2n) is 3.09. The number of amides is 1. The fourth-order valence-corrected chi connectivity index (χ4v) is 2.75. The van der Waals surface area contributed by atoms with E-state index >= 15 is 0 Å². The number of carbonyl (C=O) groups excluding carboxylic acids is 1. The summed E-state index contributed by atoms with van der Waals surface area (Å²) in [6.45, 7) is 3.80. The Morgan fingerprint density at radius 2 is 1.87 bits per heavy atom. The number of rotatable bonds is 2. The molecular formula is C11H11Br2NO. The molecular weight excluding hydrogens is 322 g/mol. The Labute approximate surface area is 106 Å². The molecule has 0 heterocycles. The van der Waals surface area contributed by atoms with Gasteiger partial charge in [0, 0.05) is 8.95 Å². The van der Waals surface area contributed by atoms with Crippen molar-refractivity contribution in [2.24, 2.45) is 0 Å². The zero-order valence-corrected chi connectivity index (χ0v) is 11.6. The molecule has 2 nitrogen and oxygen atoms in total. The summed E-state index contributed by atoms with van der Waals surface area (Å²) in [6.07, 6.45) is 3.18. The molecule has 0 aliphatic carbocycles. The lowest BCUT2D eigenvalue weighted by molar-refractivity contribution is -0.111. The third-order valence-corrected chi connectivity index (χ3v) is 3.00. The summed E-state index contributed by atoms with van der Waals surface area (Å²) in [5, 5.41) is 2.79. The van der Waals surface area contributed by atoms with Crippen LogP contribution in [0.2, 0.25) is 0 Å². The molecule has 0 aliphatic rings. The van der Waals surface area contributed by atoms with Crippen molar-refractivity contribution in [1.29, 1.82) is 0 Å². The number of nitrogens with one attached hydrogen (secondary N) is 1. The van der Waals surface area contributed by atoms with Gasteiger partial charge >= 0.3 is 0 Å². The maximum atomic E-state index is 11.4. The van der Waals surface area contributed by atoms with Gasteiger partial charge < -0.3 is 5.32 Å². The summed E-state index contributed by atoms with van der Waals surface area (Å²) >= 11 is 6.82. The third kappa shape index (κ3) is 3.47. The number of aryl methyl sites for hydroxylation is 1. The number of hydrogen-bond acceptors (Lipinski definition) is 1. The van der Waals surface area contributed by atoms with E-state index < -0.39 is 0 Å². The van der Waals surface area contributed by atoms with Crippen molar-refractivity contribution in [2.75, 3.05) is 5.32 Å². The molecule has 0 spiro atoms. The molecule has 0 aliphatic heterocycles. The fraction of sp³-hybridized carbons (Fsp3) is 0.182. The predicted octanol–water partition coefficient (Wildman–Crippen LogP) is 4.03. The van der Waals surface area contributed by atoms with E-state index in [-0.39, 0.29) is 5.91 Å². The Morgan fingerprint density at radius 1 is 1.33 bits per heavy atom. The van der Waals surface area contributed by atoms with Crippen LogP contribution in [-0.2, 0) is 4.79 Å². The van der Waals surface area contributed by atoms with Gasteiger partial charge in [0.05, 0.1) is 5.69 Å². The van der Waals surface area contributed by atoms with E-state index in [0.717, 1.165) is 20.2 Å². The quantitative estimate of drug-likeness (QED) is 0.814. The maximum absolute atomic E-state index is 11.4. The van der Waals surface area contributed by atoms with Crippen molar-refractivity contribution in [3.63, 3.8) is 0 Å². The molecule has 80 valence electrons. The first kappa shape index (κ1) is 12.5. The van der Waals surface area contributed by atoms with Crippen molar-refractivity contribution in [2.45, 2.75) is 13.8 Å². The van der Waals surface area contributed by atoms with Gasteiger partial charge in [-0.1, -0.05) is 6.08 Å². The number of carbonyl (C=O) groups is 1. The number of hydrogen-bond donors (Lipinski definition) is 1. The van der Waals surface area contributed by atoms with Crippen LogP contribution in [0.15, 0.2) is 33.2 Å². The lowest BCUT2D eigenvalue weighted by atomic mass is 10.2. The maximum Gasteiger partial charge on any atom is 0.248 e. The van der Waals surface area contributed by atoms with Gasteiger partial charge in [-0.15, -0.1) is 0 Å². The van der Waals surface area contributed by atoms with Gasteiger partial charge in [0.1, 0.15) is 0 Å². The smallest absolute Gasteiger partial charge is 0.248 e. The number of halogens is 2. The van der Waals surface area contributed by atoms with E-state index in [0.29, 0.717) is 0 Å². The van der Waals surface area contributed by atoms with Crippen molar-refractivity contribution >= 4 is 43.5 Å². The van der Waals surface area contributed by atoms with E-state index in [1.54, 1.807) is 13.0 Å². The Hall–Kier alpha value is -0.610. The first-order valence-corrected chi connectivity index (χ1v) is 6.02. The molecule has 1 rings (SSSR count). The zero-order chi connectivity index (χ0) is 11.4. The van der Waals surface area contributed by atoms with Gasteiger partial charge in [-0.3, -0.25) is 4.79 Å². The minimum Gasteiger partial charge on any atom is -0.321 e. The molecule has 0 saturated heterocycles. The first-order chi connectivity index (χ1) is 7.04. The van der Waals surface area contributed by atoms with E-state index in [1.807, 2.05) is 19.1 Å². The number of benzene rings is 1. The standard InChI is InChI=1S/C11H11Br2NO/c1-3-4-10(15)14-11-8(12)5-7(2)6-9(11)13/h3-6H,1-2H3,(H,14,15). The molecule has 0 atom stereocenters. The normalized spacial score (nSPS) is 10.7. The van der Waals surface area contributed by atoms with Crippen LogP contribution in [0.4, 0.5) is 5.69 Å². The highest BCUT2D eigenvalue weighted by molar-refractivity contribution is 9.11. The monoisotopic (exact) mass is 331 g/mol. The molecule has 15 heavy (non-hydrogen) atoms.